The third-order valence-corrected chi connectivity index (χ3v) is 4.74. The monoisotopic (exact) mass is 329 g/mol. The van der Waals surface area contributed by atoms with Gasteiger partial charge in [0, 0.05) is 35.8 Å². The quantitative estimate of drug-likeness (QED) is 0.705. The highest BCUT2D eigenvalue weighted by atomic mass is 32.2. The molecular weight excluding hydrogens is 310 g/mol. The van der Waals surface area contributed by atoms with Crippen LogP contribution in [-0.2, 0) is 17.9 Å². The first-order chi connectivity index (χ1) is 11.2. The topological polar surface area (TPSA) is 78.7 Å². The van der Waals surface area contributed by atoms with E-state index < -0.39 is 0 Å². The number of carbonyl (C=O) groups is 1. The molecule has 0 radical (unpaired) electrons. The van der Waals surface area contributed by atoms with Gasteiger partial charge in [-0.2, -0.15) is 0 Å². The van der Waals surface area contributed by atoms with Crippen molar-refractivity contribution in [2.24, 2.45) is 5.73 Å². The van der Waals surface area contributed by atoms with Gasteiger partial charge in [-0.25, -0.2) is 0 Å². The Labute approximate surface area is 138 Å². The maximum Gasteiger partial charge on any atom is 0.227 e. The lowest BCUT2D eigenvalue weighted by Crippen LogP contribution is -2.13. The molecule has 120 valence electrons. The molecule has 0 saturated heterocycles. The van der Waals surface area contributed by atoms with Gasteiger partial charge in [0.25, 0.3) is 0 Å². The van der Waals surface area contributed by atoms with Crippen LogP contribution in [0.4, 0.5) is 0 Å². The average molecular weight is 329 g/mol. The fourth-order valence-electron chi connectivity index (χ4n) is 2.70. The lowest BCUT2D eigenvalue weighted by atomic mass is 10.1. The van der Waals surface area contributed by atoms with Gasteiger partial charge in [-0.3, -0.25) is 4.79 Å². The zero-order valence-corrected chi connectivity index (χ0v) is 14.0. The SMILES string of the molecule is CCn1c(SCC(N)=O)nnc1-c1cn(CC)c2ccccc12. The molecule has 0 aliphatic heterocycles. The van der Waals surface area contributed by atoms with Gasteiger partial charge in [0.05, 0.1) is 5.75 Å². The molecule has 3 rings (SSSR count). The molecule has 2 heterocycles. The van der Waals surface area contributed by atoms with Crippen molar-refractivity contribution in [2.45, 2.75) is 32.1 Å². The fourth-order valence-corrected chi connectivity index (χ4v) is 3.44. The van der Waals surface area contributed by atoms with Crippen LogP contribution in [0, 0.1) is 0 Å². The minimum absolute atomic E-state index is 0.203. The molecule has 7 heteroatoms. The van der Waals surface area contributed by atoms with Crippen LogP contribution in [0.1, 0.15) is 13.8 Å². The van der Waals surface area contributed by atoms with E-state index in [1.165, 1.54) is 17.3 Å². The molecule has 2 aromatic heterocycles. The number of aromatic nitrogens is 4. The number of primary amides is 1. The molecular formula is C16H19N5OS. The van der Waals surface area contributed by atoms with Crippen LogP contribution >= 0.6 is 11.8 Å². The van der Waals surface area contributed by atoms with Crippen molar-refractivity contribution in [1.82, 2.24) is 19.3 Å². The van der Waals surface area contributed by atoms with E-state index in [0.717, 1.165) is 35.0 Å². The van der Waals surface area contributed by atoms with Crippen LogP contribution in [0.5, 0.6) is 0 Å². The van der Waals surface area contributed by atoms with E-state index in [1.807, 2.05) is 23.6 Å². The van der Waals surface area contributed by atoms with Crippen molar-refractivity contribution in [3.8, 4) is 11.4 Å². The highest BCUT2D eigenvalue weighted by Crippen LogP contribution is 2.31. The summed E-state index contributed by atoms with van der Waals surface area (Å²) >= 11 is 1.32. The number of carbonyl (C=O) groups excluding carboxylic acids is 1. The Bertz CT molecular complexity index is 851. The van der Waals surface area contributed by atoms with Gasteiger partial charge in [0.1, 0.15) is 0 Å². The van der Waals surface area contributed by atoms with E-state index >= 15 is 0 Å². The van der Waals surface area contributed by atoms with Crippen LogP contribution in [0.15, 0.2) is 35.6 Å². The minimum atomic E-state index is -0.357. The molecule has 0 aliphatic rings. The largest absolute Gasteiger partial charge is 0.369 e. The number of thioether (sulfide) groups is 1. The molecule has 0 spiro atoms. The van der Waals surface area contributed by atoms with Crippen molar-refractivity contribution in [3.05, 3.63) is 30.5 Å². The Morgan fingerprint density at radius 3 is 2.70 bits per heavy atom. The normalized spacial score (nSPS) is 11.2. The Balaban J connectivity index is 2.10. The van der Waals surface area contributed by atoms with Crippen LogP contribution in [0.25, 0.3) is 22.3 Å². The van der Waals surface area contributed by atoms with Crippen molar-refractivity contribution in [3.63, 3.8) is 0 Å². The lowest BCUT2D eigenvalue weighted by Gasteiger charge is -2.05. The molecule has 0 atom stereocenters. The predicted molar refractivity (Wildman–Crippen MR) is 92.2 cm³/mol. The van der Waals surface area contributed by atoms with Crippen molar-refractivity contribution >= 4 is 28.6 Å². The smallest absolute Gasteiger partial charge is 0.227 e. The number of nitrogens with two attached hydrogens (primary N) is 1. The van der Waals surface area contributed by atoms with E-state index in [-0.39, 0.29) is 11.7 Å². The first kappa shape index (κ1) is 15.6. The third kappa shape index (κ3) is 2.84. The van der Waals surface area contributed by atoms with Crippen LogP contribution < -0.4 is 5.73 Å². The summed E-state index contributed by atoms with van der Waals surface area (Å²) in [6.45, 7) is 5.79. The number of hydrogen-bond donors (Lipinski definition) is 1. The molecule has 0 aliphatic carbocycles. The zero-order valence-electron chi connectivity index (χ0n) is 13.2. The molecule has 23 heavy (non-hydrogen) atoms. The summed E-state index contributed by atoms with van der Waals surface area (Å²) < 4.78 is 4.23. The number of amides is 1. The van der Waals surface area contributed by atoms with Gasteiger partial charge in [-0.1, -0.05) is 30.0 Å². The number of benzene rings is 1. The second-order valence-corrected chi connectivity index (χ2v) is 6.09. The van der Waals surface area contributed by atoms with E-state index in [0.29, 0.717) is 0 Å². The summed E-state index contributed by atoms with van der Waals surface area (Å²) in [4.78, 5) is 11.0. The Morgan fingerprint density at radius 1 is 1.22 bits per heavy atom. The summed E-state index contributed by atoms with van der Waals surface area (Å²) in [5, 5.41) is 10.5. The molecule has 0 bridgehead atoms. The summed E-state index contributed by atoms with van der Waals surface area (Å²) in [5.41, 5.74) is 7.47. The highest BCUT2D eigenvalue weighted by Gasteiger charge is 2.18. The van der Waals surface area contributed by atoms with Crippen molar-refractivity contribution in [1.29, 1.82) is 0 Å². The second-order valence-electron chi connectivity index (χ2n) is 5.15. The van der Waals surface area contributed by atoms with Crippen LogP contribution in [0.2, 0.25) is 0 Å². The summed E-state index contributed by atoms with van der Waals surface area (Å²) in [7, 11) is 0. The van der Waals surface area contributed by atoms with Gasteiger partial charge >= 0.3 is 0 Å². The van der Waals surface area contributed by atoms with Gasteiger partial charge < -0.3 is 14.9 Å². The molecule has 3 aromatic rings. The summed E-state index contributed by atoms with van der Waals surface area (Å²) in [5.74, 6) is 0.669. The molecule has 0 unspecified atom stereocenters. The Morgan fingerprint density at radius 2 is 2.00 bits per heavy atom. The molecule has 1 aromatic carbocycles. The van der Waals surface area contributed by atoms with E-state index in [1.54, 1.807) is 0 Å². The van der Waals surface area contributed by atoms with Crippen LogP contribution in [0.3, 0.4) is 0 Å². The fraction of sp³-hybridized carbons (Fsp3) is 0.312. The Hall–Kier alpha value is -2.28. The number of aryl methyl sites for hydroxylation is 1. The van der Waals surface area contributed by atoms with Gasteiger partial charge in [0.2, 0.25) is 5.91 Å². The van der Waals surface area contributed by atoms with Gasteiger partial charge in [-0.15, -0.1) is 10.2 Å². The molecule has 0 fully saturated rings. The summed E-state index contributed by atoms with van der Waals surface area (Å²) in [6.07, 6.45) is 2.11. The molecule has 0 saturated carbocycles. The van der Waals surface area contributed by atoms with Crippen LogP contribution in [-0.4, -0.2) is 31.0 Å². The summed E-state index contributed by atoms with van der Waals surface area (Å²) in [6, 6.07) is 8.28. The number of nitrogens with zero attached hydrogens (tertiary/aromatic N) is 4. The first-order valence-corrected chi connectivity index (χ1v) is 8.56. The molecule has 6 nitrogen and oxygen atoms in total. The predicted octanol–water partition coefficient (Wildman–Crippen LogP) is 2.52. The lowest BCUT2D eigenvalue weighted by molar-refractivity contribution is -0.115. The number of rotatable bonds is 6. The first-order valence-electron chi connectivity index (χ1n) is 7.58. The molecule has 2 N–H and O–H groups in total. The maximum atomic E-state index is 11.0. The molecule has 1 amide bonds. The van der Waals surface area contributed by atoms with E-state index in [4.69, 9.17) is 5.73 Å². The van der Waals surface area contributed by atoms with E-state index in [2.05, 4.69) is 40.0 Å². The number of fused-ring (bicyclic) bond motifs is 1. The maximum absolute atomic E-state index is 11.0. The highest BCUT2D eigenvalue weighted by molar-refractivity contribution is 7.99. The second kappa shape index (κ2) is 6.45. The third-order valence-electron chi connectivity index (χ3n) is 3.75. The standard InChI is InChI=1S/C16H19N5OS/c1-3-20-9-12(11-7-5-6-8-13(11)20)15-18-19-16(21(15)4-2)23-10-14(17)22/h5-9H,3-4,10H2,1-2H3,(H2,17,22). The average Bonchev–Trinajstić information content (AvgIpc) is 3.13. The van der Waals surface area contributed by atoms with Crippen molar-refractivity contribution in [2.75, 3.05) is 5.75 Å². The van der Waals surface area contributed by atoms with Crippen molar-refractivity contribution < 1.29 is 4.79 Å². The zero-order chi connectivity index (χ0) is 16.4. The van der Waals surface area contributed by atoms with E-state index in [9.17, 15) is 4.79 Å². The number of hydrogen-bond acceptors (Lipinski definition) is 4. The van der Waals surface area contributed by atoms with Gasteiger partial charge in [0.15, 0.2) is 11.0 Å². The number of para-hydroxylation sites is 1. The van der Waals surface area contributed by atoms with Gasteiger partial charge in [-0.05, 0) is 19.9 Å². The minimum Gasteiger partial charge on any atom is -0.369 e. The Kier molecular flexibility index (Phi) is 4.38.